The highest BCUT2D eigenvalue weighted by molar-refractivity contribution is 6.34. The molecule has 0 aromatic heterocycles. The number of carbonyl (C=O) groups excluding carboxylic acids is 1. The molecule has 0 aliphatic heterocycles. The summed E-state index contributed by atoms with van der Waals surface area (Å²) in [5.74, 6) is -0.854. The molecule has 1 rings (SSSR count). The van der Waals surface area contributed by atoms with Crippen molar-refractivity contribution in [3.8, 4) is 0 Å². The number of alkyl halides is 3. The molecule has 0 radical (unpaired) electrons. The van der Waals surface area contributed by atoms with Crippen LogP contribution in [0.25, 0.3) is 0 Å². The van der Waals surface area contributed by atoms with Gasteiger partial charge in [0.2, 0.25) is 0 Å². The van der Waals surface area contributed by atoms with Gasteiger partial charge >= 0.3 is 6.18 Å². The fourth-order valence-electron chi connectivity index (χ4n) is 1.12. The topological polar surface area (TPSA) is 29.1 Å². The number of hydrogen-bond donors (Lipinski definition) is 1. The molecule has 2 nitrogen and oxygen atoms in total. The first-order valence-corrected chi connectivity index (χ1v) is 4.33. The van der Waals surface area contributed by atoms with Gasteiger partial charge in [-0.1, -0.05) is 17.7 Å². The lowest BCUT2D eigenvalue weighted by molar-refractivity contribution is -0.137. The van der Waals surface area contributed by atoms with Crippen LogP contribution in [0.2, 0.25) is 5.02 Å². The SMILES string of the molecule is CNC(=O)c1c(Cl)cccc1C(F)(F)F. The van der Waals surface area contributed by atoms with Crippen molar-refractivity contribution in [3.05, 3.63) is 34.3 Å². The Morgan fingerprint density at radius 3 is 2.47 bits per heavy atom. The Morgan fingerprint density at radius 2 is 2.00 bits per heavy atom. The first-order valence-electron chi connectivity index (χ1n) is 3.95. The maximum atomic E-state index is 12.5. The molecule has 0 saturated carbocycles. The number of amides is 1. The molecule has 1 amide bonds. The Kier molecular flexibility index (Phi) is 3.24. The number of benzene rings is 1. The second-order valence-corrected chi connectivity index (χ2v) is 3.15. The average molecular weight is 238 g/mol. The van der Waals surface area contributed by atoms with Crippen LogP contribution in [0.4, 0.5) is 13.2 Å². The van der Waals surface area contributed by atoms with Crippen molar-refractivity contribution in [1.29, 1.82) is 0 Å². The van der Waals surface area contributed by atoms with E-state index >= 15 is 0 Å². The van der Waals surface area contributed by atoms with Crippen LogP contribution in [0.15, 0.2) is 18.2 Å². The van der Waals surface area contributed by atoms with Crippen molar-refractivity contribution in [2.45, 2.75) is 6.18 Å². The number of hydrogen-bond acceptors (Lipinski definition) is 1. The van der Waals surface area contributed by atoms with E-state index in [0.29, 0.717) is 0 Å². The molecule has 0 atom stereocenters. The predicted octanol–water partition coefficient (Wildman–Crippen LogP) is 2.72. The molecule has 0 unspecified atom stereocenters. The average Bonchev–Trinajstić information content (AvgIpc) is 2.15. The fourth-order valence-corrected chi connectivity index (χ4v) is 1.38. The molecule has 1 N–H and O–H groups in total. The number of nitrogens with one attached hydrogen (secondary N) is 1. The van der Waals surface area contributed by atoms with Gasteiger partial charge in [-0.15, -0.1) is 0 Å². The molecule has 82 valence electrons. The van der Waals surface area contributed by atoms with Crippen LogP contribution < -0.4 is 5.32 Å². The van der Waals surface area contributed by atoms with Gasteiger partial charge in [-0.2, -0.15) is 13.2 Å². The zero-order chi connectivity index (χ0) is 11.6. The third-order valence-corrected chi connectivity index (χ3v) is 2.09. The van der Waals surface area contributed by atoms with E-state index in [1.54, 1.807) is 0 Å². The zero-order valence-corrected chi connectivity index (χ0v) is 8.41. The molecule has 15 heavy (non-hydrogen) atoms. The smallest absolute Gasteiger partial charge is 0.355 e. The number of rotatable bonds is 1. The van der Waals surface area contributed by atoms with E-state index < -0.39 is 23.2 Å². The van der Waals surface area contributed by atoms with Gasteiger partial charge in [-0.3, -0.25) is 4.79 Å². The molecule has 6 heteroatoms. The largest absolute Gasteiger partial charge is 0.417 e. The van der Waals surface area contributed by atoms with Gasteiger partial charge in [0.1, 0.15) is 0 Å². The Labute approximate surface area is 89.0 Å². The van der Waals surface area contributed by atoms with Crippen LogP contribution in [0, 0.1) is 0 Å². The summed E-state index contributed by atoms with van der Waals surface area (Å²) >= 11 is 5.55. The second kappa shape index (κ2) is 4.10. The van der Waals surface area contributed by atoms with Gasteiger partial charge in [-0.25, -0.2) is 0 Å². The van der Waals surface area contributed by atoms with E-state index in [1.165, 1.54) is 13.1 Å². The van der Waals surface area contributed by atoms with Crippen LogP contribution >= 0.6 is 11.6 Å². The van der Waals surface area contributed by atoms with Crippen molar-refractivity contribution < 1.29 is 18.0 Å². The lowest BCUT2D eigenvalue weighted by Crippen LogP contribution is -2.23. The molecule has 0 fully saturated rings. The summed E-state index contributed by atoms with van der Waals surface area (Å²) in [5, 5.41) is 1.89. The van der Waals surface area contributed by atoms with E-state index in [0.717, 1.165) is 12.1 Å². The van der Waals surface area contributed by atoms with Crippen molar-refractivity contribution in [1.82, 2.24) is 5.32 Å². The normalized spacial score (nSPS) is 11.3. The third-order valence-electron chi connectivity index (χ3n) is 1.77. The molecule has 0 spiro atoms. The standard InChI is InChI=1S/C9H7ClF3NO/c1-14-8(15)7-5(9(11,12)13)3-2-4-6(7)10/h2-4H,1H3,(H,14,15). The van der Waals surface area contributed by atoms with E-state index in [9.17, 15) is 18.0 Å². The molecule has 1 aromatic carbocycles. The van der Waals surface area contributed by atoms with Gasteiger partial charge in [-0.05, 0) is 12.1 Å². The summed E-state index contributed by atoms with van der Waals surface area (Å²) in [6, 6.07) is 3.20. The lowest BCUT2D eigenvalue weighted by atomic mass is 10.1. The zero-order valence-electron chi connectivity index (χ0n) is 7.65. The minimum atomic E-state index is -4.59. The minimum absolute atomic E-state index is 0.218. The van der Waals surface area contributed by atoms with Gasteiger partial charge in [0.15, 0.2) is 0 Å². The Hall–Kier alpha value is -1.23. The van der Waals surface area contributed by atoms with Crippen LogP contribution in [0.1, 0.15) is 15.9 Å². The summed E-state index contributed by atoms with van der Waals surface area (Å²) in [6.45, 7) is 0. The van der Waals surface area contributed by atoms with Crippen LogP contribution in [-0.2, 0) is 6.18 Å². The summed E-state index contributed by atoms with van der Waals surface area (Å²) in [4.78, 5) is 11.2. The van der Waals surface area contributed by atoms with Gasteiger partial charge in [0.05, 0.1) is 16.1 Å². The molecule has 0 saturated heterocycles. The second-order valence-electron chi connectivity index (χ2n) is 2.74. The molecule has 0 aliphatic rings. The summed E-state index contributed by atoms with van der Waals surface area (Å²) in [5.41, 5.74) is -1.58. The van der Waals surface area contributed by atoms with Gasteiger partial charge in [0.25, 0.3) is 5.91 Å². The first kappa shape index (κ1) is 11.8. The highest BCUT2D eigenvalue weighted by Crippen LogP contribution is 2.34. The van der Waals surface area contributed by atoms with E-state index in [4.69, 9.17) is 11.6 Å². The summed E-state index contributed by atoms with van der Waals surface area (Å²) in [7, 11) is 1.24. The summed E-state index contributed by atoms with van der Waals surface area (Å²) in [6.07, 6.45) is -4.59. The van der Waals surface area contributed by atoms with Gasteiger partial charge < -0.3 is 5.32 Å². The Morgan fingerprint density at radius 1 is 1.40 bits per heavy atom. The van der Waals surface area contributed by atoms with E-state index in [-0.39, 0.29) is 5.02 Å². The van der Waals surface area contributed by atoms with E-state index in [2.05, 4.69) is 5.32 Å². The fraction of sp³-hybridized carbons (Fsp3) is 0.222. The number of halogens is 4. The van der Waals surface area contributed by atoms with Crippen molar-refractivity contribution in [2.75, 3.05) is 7.05 Å². The predicted molar refractivity (Wildman–Crippen MR) is 49.8 cm³/mol. The van der Waals surface area contributed by atoms with Crippen molar-refractivity contribution in [3.63, 3.8) is 0 Å². The first-order chi connectivity index (χ1) is 6.88. The third kappa shape index (κ3) is 2.41. The molecular formula is C9H7ClF3NO. The van der Waals surface area contributed by atoms with Crippen LogP contribution in [0.5, 0.6) is 0 Å². The van der Waals surface area contributed by atoms with Crippen LogP contribution in [0.3, 0.4) is 0 Å². The minimum Gasteiger partial charge on any atom is -0.355 e. The quantitative estimate of drug-likeness (QED) is 0.800. The molecular weight excluding hydrogens is 231 g/mol. The monoisotopic (exact) mass is 237 g/mol. The Balaban J connectivity index is 3.40. The Bertz CT molecular complexity index is 389. The molecule has 0 heterocycles. The molecule has 0 aliphatic carbocycles. The lowest BCUT2D eigenvalue weighted by Gasteiger charge is -2.12. The summed E-state index contributed by atoms with van der Waals surface area (Å²) < 4.78 is 37.5. The maximum Gasteiger partial charge on any atom is 0.417 e. The highest BCUT2D eigenvalue weighted by Gasteiger charge is 2.35. The van der Waals surface area contributed by atoms with E-state index in [1.807, 2.05) is 0 Å². The highest BCUT2D eigenvalue weighted by atomic mass is 35.5. The van der Waals surface area contributed by atoms with Gasteiger partial charge in [0, 0.05) is 7.05 Å². The van der Waals surface area contributed by atoms with Crippen molar-refractivity contribution in [2.24, 2.45) is 0 Å². The maximum absolute atomic E-state index is 12.5. The van der Waals surface area contributed by atoms with Crippen LogP contribution in [-0.4, -0.2) is 13.0 Å². The molecule has 1 aromatic rings. The molecule has 0 bridgehead atoms. The number of carbonyl (C=O) groups is 1. The van der Waals surface area contributed by atoms with Crippen molar-refractivity contribution >= 4 is 17.5 Å².